The SMILES string of the molecule is C=CC(CC)(OCC)OCC. The molecule has 0 atom stereocenters. The van der Waals surface area contributed by atoms with Gasteiger partial charge in [0.25, 0.3) is 0 Å². The first-order valence-corrected chi connectivity index (χ1v) is 4.16. The Morgan fingerprint density at radius 3 is 1.82 bits per heavy atom. The van der Waals surface area contributed by atoms with Gasteiger partial charge in [-0.25, -0.2) is 0 Å². The highest BCUT2D eigenvalue weighted by atomic mass is 16.7. The molecule has 0 unspecified atom stereocenters. The number of hydrogen-bond donors (Lipinski definition) is 0. The molecule has 0 radical (unpaired) electrons. The fourth-order valence-electron chi connectivity index (χ4n) is 0.997. The monoisotopic (exact) mass is 158 g/mol. The van der Waals surface area contributed by atoms with E-state index >= 15 is 0 Å². The van der Waals surface area contributed by atoms with Gasteiger partial charge >= 0.3 is 0 Å². The first-order valence-electron chi connectivity index (χ1n) is 4.16. The molecule has 0 rings (SSSR count). The topological polar surface area (TPSA) is 18.5 Å². The van der Waals surface area contributed by atoms with Crippen LogP contribution in [0.5, 0.6) is 0 Å². The van der Waals surface area contributed by atoms with E-state index in [1.807, 2.05) is 20.8 Å². The van der Waals surface area contributed by atoms with Crippen LogP contribution in [0.15, 0.2) is 12.7 Å². The lowest BCUT2D eigenvalue weighted by molar-refractivity contribution is -0.200. The Bertz CT molecular complexity index is 104. The summed E-state index contributed by atoms with van der Waals surface area (Å²) in [6, 6.07) is 0. The van der Waals surface area contributed by atoms with E-state index in [2.05, 4.69) is 6.58 Å². The summed E-state index contributed by atoms with van der Waals surface area (Å²) in [4.78, 5) is 0. The molecule has 0 spiro atoms. The van der Waals surface area contributed by atoms with E-state index < -0.39 is 5.79 Å². The predicted molar refractivity (Wildman–Crippen MR) is 46.5 cm³/mol. The fourth-order valence-corrected chi connectivity index (χ4v) is 0.997. The summed E-state index contributed by atoms with van der Waals surface area (Å²) < 4.78 is 10.9. The van der Waals surface area contributed by atoms with E-state index in [1.165, 1.54) is 0 Å². The van der Waals surface area contributed by atoms with Crippen LogP contribution in [0.25, 0.3) is 0 Å². The summed E-state index contributed by atoms with van der Waals surface area (Å²) in [5.74, 6) is -0.552. The van der Waals surface area contributed by atoms with Gasteiger partial charge in [-0.2, -0.15) is 0 Å². The van der Waals surface area contributed by atoms with Gasteiger partial charge in [-0.3, -0.25) is 0 Å². The van der Waals surface area contributed by atoms with Gasteiger partial charge in [0.1, 0.15) is 0 Å². The van der Waals surface area contributed by atoms with Gasteiger partial charge in [0.05, 0.1) is 0 Å². The Labute approximate surface area is 69.2 Å². The van der Waals surface area contributed by atoms with Crippen LogP contribution in [0.3, 0.4) is 0 Å². The molecule has 0 saturated carbocycles. The van der Waals surface area contributed by atoms with E-state index in [1.54, 1.807) is 6.08 Å². The molecule has 0 bridgehead atoms. The maximum absolute atomic E-state index is 5.43. The highest BCUT2D eigenvalue weighted by Crippen LogP contribution is 2.18. The molecule has 0 amide bonds. The number of rotatable bonds is 6. The van der Waals surface area contributed by atoms with Crippen molar-refractivity contribution in [3.8, 4) is 0 Å². The van der Waals surface area contributed by atoms with E-state index in [0.717, 1.165) is 6.42 Å². The molecular weight excluding hydrogens is 140 g/mol. The Kier molecular flexibility index (Phi) is 5.16. The first-order chi connectivity index (χ1) is 5.24. The lowest BCUT2D eigenvalue weighted by Gasteiger charge is -2.28. The Morgan fingerprint density at radius 1 is 1.18 bits per heavy atom. The zero-order chi connectivity index (χ0) is 8.74. The van der Waals surface area contributed by atoms with Crippen molar-refractivity contribution < 1.29 is 9.47 Å². The Hall–Kier alpha value is -0.340. The zero-order valence-corrected chi connectivity index (χ0v) is 7.72. The lowest BCUT2D eigenvalue weighted by atomic mass is 10.2. The molecule has 2 heteroatoms. The summed E-state index contributed by atoms with van der Waals surface area (Å²) in [5, 5.41) is 0. The first kappa shape index (κ1) is 10.7. The molecule has 0 N–H and O–H groups in total. The summed E-state index contributed by atoms with van der Waals surface area (Å²) >= 11 is 0. The van der Waals surface area contributed by atoms with Crippen LogP contribution >= 0.6 is 0 Å². The molecule has 11 heavy (non-hydrogen) atoms. The van der Waals surface area contributed by atoms with Crippen molar-refractivity contribution in [2.24, 2.45) is 0 Å². The molecule has 0 aliphatic heterocycles. The molecule has 0 aromatic carbocycles. The third-order valence-electron chi connectivity index (χ3n) is 1.58. The van der Waals surface area contributed by atoms with Crippen LogP contribution in [0.4, 0.5) is 0 Å². The van der Waals surface area contributed by atoms with Crippen molar-refractivity contribution >= 4 is 0 Å². The van der Waals surface area contributed by atoms with E-state index in [-0.39, 0.29) is 0 Å². The molecular formula is C9H18O2. The van der Waals surface area contributed by atoms with Crippen molar-refractivity contribution in [2.45, 2.75) is 33.0 Å². The minimum absolute atomic E-state index is 0.552. The van der Waals surface area contributed by atoms with Gasteiger partial charge in [-0.15, -0.1) is 0 Å². The van der Waals surface area contributed by atoms with Gasteiger partial charge in [-0.1, -0.05) is 13.5 Å². The smallest absolute Gasteiger partial charge is 0.187 e. The van der Waals surface area contributed by atoms with Crippen LogP contribution < -0.4 is 0 Å². The maximum Gasteiger partial charge on any atom is 0.187 e. The lowest BCUT2D eigenvalue weighted by Crippen LogP contribution is -2.32. The van der Waals surface area contributed by atoms with Crippen LogP contribution in [0.1, 0.15) is 27.2 Å². The quantitative estimate of drug-likeness (QED) is 0.436. The largest absolute Gasteiger partial charge is 0.347 e. The Balaban J connectivity index is 4.07. The molecule has 2 nitrogen and oxygen atoms in total. The molecule has 0 saturated heterocycles. The highest BCUT2D eigenvalue weighted by molar-refractivity contribution is 4.88. The van der Waals surface area contributed by atoms with Crippen molar-refractivity contribution in [3.63, 3.8) is 0 Å². The standard InChI is InChI=1S/C9H18O2/c1-5-9(6-2,10-7-3)11-8-4/h5H,1,6-8H2,2-4H3. The molecule has 0 aromatic rings. The number of hydrogen-bond acceptors (Lipinski definition) is 2. The second kappa shape index (κ2) is 5.33. The zero-order valence-electron chi connectivity index (χ0n) is 7.72. The van der Waals surface area contributed by atoms with E-state index in [4.69, 9.17) is 9.47 Å². The second-order valence-corrected chi connectivity index (χ2v) is 2.24. The summed E-state index contributed by atoms with van der Waals surface area (Å²) in [6.45, 7) is 10.9. The summed E-state index contributed by atoms with van der Waals surface area (Å²) in [7, 11) is 0. The maximum atomic E-state index is 5.43. The molecule has 0 aromatic heterocycles. The number of ether oxygens (including phenoxy) is 2. The van der Waals surface area contributed by atoms with Crippen molar-refractivity contribution in [3.05, 3.63) is 12.7 Å². The third-order valence-corrected chi connectivity index (χ3v) is 1.58. The minimum Gasteiger partial charge on any atom is -0.347 e. The van der Waals surface area contributed by atoms with Crippen LogP contribution in [-0.4, -0.2) is 19.0 Å². The second-order valence-electron chi connectivity index (χ2n) is 2.24. The Morgan fingerprint density at radius 2 is 1.64 bits per heavy atom. The normalized spacial score (nSPS) is 11.5. The van der Waals surface area contributed by atoms with Crippen molar-refractivity contribution in [2.75, 3.05) is 13.2 Å². The molecule has 0 aliphatic carbocycles. The van der Waals surface area contributed by atoms with Crippen LogP contribution in [0.2, 0.25) is 0 Å². The molecule has 0 heterocycles. The van der Waals surface area contributed by atoms with Gasteiger partial charge in [0.15, 0.2) is 5.79 Å². The fraction of sp³-hybridized carbons (Fsp3) is 0.778. The molecule has 66 valence electrons. The average Bonchev–Trinajstić information content (AvgIpc) is 2.04. The molecule has 0 fully saturated rings. The third kappa shape index (κ3) is 3.04. The van der Waals surface area contributed by atoms with E-state index in [0.29, 0.717) is 13.2 Å². The highest BCUT2D eigenvalue weighted by Gasteiger charge is 2.24. The van der Waals surface area contributed by atoms with Crippen molar-refractivity contribution in [1.82, 2.24) is 0 Å². The summed E-state index contributed by atoms with van der Waals surface area (Å²) in [6.07, 6.45) is 2.53. The van der Waals surface area contributed by atoms with Gasteiger partial charge in [0, 0.05) is 19.6 Å². The van der Waals surface area contributed by atoms with Gasteiger partial charge < -0.3 is 9.47 Å². The van der Waals surface area contributed by atoms with Gasteiger partial charge in [-0.05, 0) is 19.9 Å². The van der Waals surface area contributed by atoms with E-state index in [9.17, 15) is 0 Å². The van der Waals surface area contributed by atoms with Crippen LogP contribution in [-0.2, 0) is 9.47 Å². The minimum atomic E-state index is -0.552. The molecule has 0 aliphatic rings. The van der Waals surface area contributed by atoms with Crippen molar-refractivity contribution in [1.29, 1.82) is 0 Å². The predicted octanol–water partition coefficient (Wildman–Crippen LogP) is 2.35. The average molecular weight is 158 g/mol. The van der Waals surface area contributed by atoms with Gasteiger partial charge in [0.2, 0.25) is 0 Å². The summed E-state index contributed by atoms with van der Waals surface area (Å²) in [5.41, 5.74) is 0. The van der Waals surface area contributed by atoms with Crippen LogP contribution in [0, 0.1) is 0 Å².